The summed E-state index contributed by atoms with van der Waals surface area (Å²) in [5.74, 6) is 0.908. The van der Waals surface area contributed by atoms with Crippen molar-refractivity contribution in [2.75, 3.05) is 0 Å². The Labute approximate surface area is 121 Å². The number of nitrogens with zero attached hydrogens (tertiary/aromatic N) is 1. The number of carbonyl (C=O) groups excluding carboxylic acids is 1. The van der Waals surface area contributed by atoms with E-state index >= 15 is 0 Å². The maximum absolute atomic E-state index is 12.9. The zero-order chi connectivity index (χ0) is 14.6. The molecule has 0 aromatic carbocycles. The molecule has 1 heterocycles. The third kappa shape index (κ3) is 3.06. The Morgan fingerprint density at radius 3 is 2.55 bits per heavy atom. The minimum absolute atomic E-state index is 0.0748. The van der Waals surface area contributed by atoms with Crippen LogP contribution in [0.4, 0.5) is 0 Å². The van der Waals surface area contributed by atoms with Crippen molar-refractivity contribution in [3.8, 4) is 0 Å². The second-order valence-electron chi connectivity index (χ2n) is 5.81. The normalized spacial score (nSPS) is 16.6. The smallest absolute Gasteiger partial charge is 0.243 e. The molecule has 0 unspecified atom stereocenters. The van der Waals surface area contributed by atoms with Gasteiger partial charge < -0.3 is 15.1 Å². The van der Waals surface area contributed by atoms with Crippen molar-refractivity contribution in [1.29, 1.82) is 0 Å². The first-order valence-electron chi connectivity index (χ1n) is 7.73. The van der Waals surface area contributed by atoms with Crippen LogP contribution in [0, 0.1) is 0 Å². The average Bonchev–Trinajstić information content (AvgIpc) is 3.15. The first kappa shape index (κ1) is 15.1. The van der Waals surface area contributed by atoms with E-state index in [1.807, 2.05) is 30.9 Å². The van der Waals surface area contributed by atoms with Crippen molar-refractivity contribution < 1.29 is 9.21 Å². The van der Waals surface area contributed by atoms with Crippen LogP contribution in [-0.2, 0) is 11.3 Å². The van der Waals surface area contributed by atoms with E-state index in [0.717, 1.165) is 18.6 Å². The highest BCUT2D eigenvalue weighted by atomic mass is 16.3. The molecule has 2 rings (SSSR count). The van der Waals surface area contributed by atoms with Gasteiger partial charge in [0.05, 0.1) is 18.3 Å². The fraction of sp³-hybridized carbons (Fsp3) is 0.688. The lowest BCUT2D eigenvalue weighted by atomic mass is 9.91. The number of hydrogen-bond donors (Lipinski definition) is 1. The van der Waals surface area contributed by atoms with Gasteiger partial charge in [-0.3, -0.25) is 4.79 Å². The Balaban J connectivity index is 2.19. The van der Waals surface area contributed by atoms with E-state index < -0.39 is 5.54 Å². The van der Waals surface area contributed by atoms with Crippen molar-refractivity contribution in [1.82, 2.24) is 4.90 Å². The van der Waals surface area contributed by atoms with Crippen LogP contribution in [0.5, 0.6) is 0 Å². The molecule has 1 aromatic heterocycles. The van der Waals surface area contributed by atoms with Crippen LogP contribution >= 0.6 is 0 Å². The maximum atomic E-state index is 12.9. The van der Waals surface area contributed by atoms with Crippen molar-refractivity contribution >= 4 is 5.91 Å². The molecule has 0 radical (unpaired) electrons. The van der Waals surface area contributed by atoms with Gasteiger partial charge in [-0.2, -0.15) is 0 Å². The molecule has 112 valence electrons. The molecule has 1 saturated carbocycles. The number of rotatable bonds is 6. The predicted molar refractivity (Wildman–Crippen MR) is 79.0 cm³/mol. The summed E-state index contributed by atoms with van der Waals surface area (Å²) < 4.78 is 5.42. The molecule has 0 atom stereocenters. The number of amides is 1. The third-order valence-electron chi connectivity index (χ3n) is 4.62. The summed E-state index contributed by atoms with van der Waals surface area (Å²) >= 11 is 0. The summed E-state index contributed by atoms with van der Waals surface area (Å²) in [4.78, 5) is 14.9. The van der Waals surface area contributed by atoms with E-state index in [9.17, 15) is 4.79 Å². The van der Waals surface area contributed by atoms with E-state index in [1.165, 1.54) is 12.8 Å². The molecule has 2 N–H and O–H groups in total. The molecule has 20 heavy (non-hydrogen) atoms. The van der Waals surface area contributed by atoms with Gasteiger partial charge in [0.1, 0.15) is 5.76 Å². The quantitative estimate of drug-likeness (QED) is 0.870. The highest BCUT2D eigenvalue weighted by Crippen LogP contribution is 2.28. The van der Waals surface area contributed by atoms with Gasteiger partial charge in [0.2, 0.25) is 5.91 Å². The molecule has 4 heteroatoms. The lowest BCUT2D eigenvalue weighted by Crippen LogP contribution is -2.56. The molecule has 1 fully saturated rings. The number of furan rings is 1. The predicted octanol–water partition coefficient (Wildman–Crippen LogP) is 3.07. The first-order chi connectivity index (χ1) is 9.60. The Hall–Kier alpha value is -1.29. The second kappa shape index (κ2) is 6.44. The molecule has 1 aliphatic carbocycles. The minimum Gasteiger partial charge on any atom is -0.467 e. The molecule has 0 aliphatic heterocycles. The van der Waals surface area contributed by atoms with Gasteiger partial charge in [-0.25, -0.2) is 0 Å². The second-order valence-corrected chi connectivity index (χ2v) is 5.81. The highest BCUT2D eigenvalue weighted by molar-refractivity contribution is 5.86. The monoisotopic (exact) mass is 278 g/mol. The van der Waals surface area contributed by atoms with Crippen LogP contribution in [0.3, 0.4) is 0 Å². The van der Waals surface area contributed by atoms with Gasteiger partial charge in [-0.1, -0.05) is 26.7 Å². The zero-order valence-electron chi connectivity index (χ0n) is 12.6. The van der Waals surface area contributed by atoms with Crippen LogP contribution in [-0.4, -0.2) is 22.4 Å². The van der Waals surface area contributed by atoms with Crippen molar-refractivity contribution in [3.05, 3.63) is 24.2 Å². The summed E-state index contributed by atoms with van der Waals surface area (Å²) in [5.41, 5.74) is 5.57. The standard InChI is InChI=1S/C16H26N2O2/c1-3-16(17,4-2)15(19)18(13-8-5-6-9-13)12-14-10-7-11-20-14/h7,10-11,13H,3-6,8-9,12,17H2,1-2H3. The van der Waals surface area contributed by atoms with Crippen LogP contribution < -0.4 is 5.73 Å². The molecule has 0 spiro atoms. The molecule has 1 amide bonds. The molecule has 0 saturated heterocycles. The Morgan fingerprint density at radius 2 is 2.05 bits per heavy atom. The third-order valence-corrected chi connectivity index (χ3v) is 4.62. The number of nitrogens with two attached hydrogens (primary N) is 1. The molecular weight excluding hydrogens is 252 g/mol. The fourth-order valence-corrected chi connectivity index (χ4v) is 2.99. The molecule has 1 aromatic rings. The van der Waals surface area contributed by atoms with Gasteiger partial charge in [-0.15, -0.1) is 0 Å². The van der Waals surface area contributed by atoms with Crippen molar-refractivity contribution in [3.63, 3.8) is 0 Å². The maximum Gasteiger partial charge on any atom is 0.243 e. The van der Waals surface area contributed by atoms with Gasteiger partial charge in [0, 0.05) is 6.04 Å². The van der Waals surface area contributed by atoms with Gasteiger partial charge >= 0.3 is 0 Å². The van der Waals surface area contributed by atoms with E-state index in [2.05, 4.69) is 0 Å². The Kier molecular flexibility index (Phi) is 4.86. The van der Waals surface area contributed by atoms with E-state index in [4.69, 9.17) is 10.2 Å². The zero-order valence-corrected chi connectivity index (χ0v) is 12.6. The average molecular weight is 278 g/mol. The molecule has 4 nitrogen and oxygen atoms in total. The Morgan fingerprint density at radius 1 is 1.40 bits per heavy atom. The summed E-state index contributed by atoms with van der Waals surface area (Å²) in [6.45, 7) is 4.51. The van der Waals surface area contributed by atoms with Crippen LogP contribution in [0.15, 0.2) is 22.8 Å². The number of hydrogen-bond acceptors (Lipinski definition) is 3. The number of carbonyl (C=O) groups is 1. The highest BCUT2D eigenvalue weighted by Gasteiger charge is 2.38. The lowest BCUT2D eigenvalue weighted by molar-refractivity contribution is -0.140. The van der Waals surface area contributed by atoms with Crippen LogP contribution in [0.25, 0.3) is 0 Å². The molecule has 0 bridgehead atoms. The largest absolute Gasteiger partial charge is 0.467 e. The van der Waals surface area contributed by atoms with Gasteiger partial charge in [0.15, 0.2) is 0 Å². The lowest BCUT2D eigenvalue weighted by Gasteiger charge is -2.36. The fourth-order valence-electron chi connectivity index (χ4n) is 2.99. The summed E-state index contributed by atoms with van der Waals surface area (Å²) in [6.07, 6.45) is 7.55. The van der Waals surface area contributed by atoms with Crippen LogP contribution in [0.1, 0.15) is 58.1 Å². The van der Waals surface area contributed by atoms with Crippen molar-refractivity contribution in [2.24, 2.45) is 5.73 Å². The van der Waals surface area contributed by atoms with Crippen LogP contribution in [0.2, 0.25) is 0 Å². The van der Waals surface area contributed by atoms with E-state index in [0.29, 0.717) is 25.4 Å². The summed E-state index contributed by atoms with van der Waals surface area (Å²) in [6, 6.07) is 4.10. The van der Waals surface area contributed by atoms with E-state index in [1.54, 1.807) is 6.26 Å². The first-order valence-corrected chi connectivity index (χ1v) is 7.73. The summed E-state index contributed by atoms with van der Waals surface area (Å²) in [7, 11) is 0. The minimum atomic E-state index is -0.741. The molecule has 1 aliphatic rings. The van der Waals surface area contributed by atoms with E-state index in [-0.39, 0.29) is 5.91 Å². The van der Waals surface area contributed by atoms with Gasteiger partial charge in [0.25, 0.3) is 0 Å². The molecular formula is C16H26N2O2. The Bertz CT molecular complexity index is 418. The van der Waals surface area contributed by atoms with Crippen molar-refractivity contribution in [2.45, 2.75) is 70.5 Å². The SMILES string of the molecule is CCC(N)(CC)C(=O)N(Cc1ccco1)C1CCCC1. The summed E-state index contributed by atoms with van der Waals surface area (Å²) in [5, 5.41) is 0. The topological polar surface area (TPSA) is 59.5 Å². The van der Waals surface area contributed by atoms with Gasteiger partial charge in [-0.05, 0) is 37.8 Å².